The van der Waals surface area contributed by atoms with Crippen LogP contribution < -0.4 is 16.8 Å². The third-order valence-corrected chi connectivity index (χ3v) is 4.27. The van der Waals surface area contributed by atoms with E-state index in [1.807, 2.05) is 6.07 Å². The summed E-state index contributed by atoms with van der Waals surface area (Å²) in [6.45, 7) is 5.14. The van der Waals surface area contributed by atoms with Gasteiger partial charge in [-0.2, -0.15) is 0 Å². The van der Waals surface area contributed by atoms with Crippen LogP contribution in [-0.4, -0.2) is 48.8 Å². The standard InChI is InChI=1S/C16H28N4O/c17-7-6-14(20-10-8-19-9-11-20)3-1-2-13-4-5-15(18)16(21)12-13/h4-5,12,14,19,21H,1-3,6-11,17-18H2. The van der Waals surface area contributed by atoms with Crippen molar-refractivity contribution in [3.8, 4) is 5.75 Å². The number of aromatic hydroxyl groups is 1. The average molecular weight is 292 g/mol. The van der Waals surface area contributed by atoms with Crippen LogP contribution in [0.15, 0.2) is 18.2 Å². The summed E-state index contributed by atoms with van der Waals surface area (Å²) in [7, 11) is 0. The molecule has 0 aliphatic carbocycles. The van der Waals surface area contributed by atoms with Gasteiger partial charge < -0.3 is 21.9 Å². The molecule has 1 aromatic carbocycles. The fourth-order valence-electron chi connectivity index (χ4n) is 3.04. The van der Waals surface area contributed by atoms with Gasteiger partial charge in [0.05, 0.1) is 5.69 Å². The second-order valence-corrected chi connectivity index (χ2v) is 5.80. The normalized spacial score (nSPS) is 17.8. The molecular weight excluding hydrogens is 264 g/mol. The van der Waals surface area contributed by atoms with Gasteiger partial charge in [-0.25, -0.2) is 0 Å². The number of aryl methyl sites for hydroxylation is 1. The van der Waals surface area contributed by atoms with Gasteiger partial charge in [-0.1, -0.05) is 6.07 Å². The summed E-state index contributed by atoms with van der Waals surface area (Å²) in [5.74, 6) is 0.188. The van der Waals surface area contributed by atoms with Crippen LogP contribution in [0.25, 0.3) is 0 Å². The third kappa shape index (κ3) is 4.88. The molecule has 0 aromatic heterocycles. The van der Waals surface area contributed by atoms with Crippen LogP contribution in [0.2, 0.25) is 0 Å². The highest BCUT2D eigenvalue weighted by molar-refractivity contribution is 5.52. The molecule has 2 rings (SSSR count). The van der Waals surface area contributed by atoms with Crippen LogP contribution in [0.1, 0.15) is 24.8 Å². The van der Waals surface area contributed by atoms with E-state index < -0.39 is 0 Å². The van der Waals surface area contributed by atoms with E-state index in [1.165, 1.54) is 0 Å². The smallest absolute Gasteiger partial charge is 0.138 e. The van der Waals surface area contributed by atoms with E-state index in [0.717, 1.165) is 64.0 Å². The minimum atomic E-state index is 0.188. The van der Waals surface area contributed by atoms with E-state index in [0.29, 0.717) is 11.7 Å². The first-order valence-corrected chi connectivity index (χ1v) is 7.93. The molecule has 0 radical (unpaired) electrons. The van der Waals surface area contributed by atoms with Gasteiger partial charge in [-0.3, -0.25) is 4.90 Å². The Bertz CT molecular complexity index is 432. The first-order valence-electron chi connectivity index (χ1n) is 7.93. The summed E-state index contributed by atoms with van der Waals surface area (Å²) in [6, 6.07) is 6.13. The maximum Gasteiger partial charge on any atom is 0.138 e. The van der Waals surface area contributed by atoms with Gasteiger partial charge in [0.15, 0.2) is 0 Å². The molecule has 1 atom stereocenters. The van der Waals surface area contributed by atoms with Crippen LogP contribution in [0, 0.1) is 0 Å². The number of phenolic OH excluding ortho intramolecular Hbond substituents is 1. The zero-order chi connectivity index (χ0) is 15.1. The van der Waals surface area contributed by atoms with Crippen LogP contribution in [-0.2, 0) is 6.42 Å². The molecule has 1 fully saturated rings. The lowest BCUT2D eigenvalue weighted by Gasteiger charge is -2.35. The summed E-state index contributed by atoms with van der Waals surface area (Å²) in [4.78, 5) is 2.56. The number of benzene rings is 1. The monoisotopic (exact) mass is 292 g/mol. The fraction of sp³-hybridized carbons (Fsp3) is 0.625. The average Bonchev–Trinajstić information content (AvgIpc) is 2.51. The summed E-state index contributed by atoms with van der Waals surface area (Å²) in [6.07, 6.45) is 4.30. The highest BCUT2D eigenvalue weighted by atomic mass is 16.3. The van der Waals surface area contributed by atoms with Crippen molar-refractivity contribution in [2.24, 2.45) is 5.73 Å². The lowest BCUT2D eigenvalue weighted by Crippen LogP contribution is -2.49. The van der Waals surface area contributed by atoms with E-state index >= 15 is 0 Å². The number of piperazine rings is 1. The second-order valence-electron chi connectivity index (χ2n) is 5.80. The molecule has 5 nitrogen and oxygen atoms in total. The first-order chi connectivity index (χ1) is 10.2. The zero-order valence-corrected chi connectivity index (χ0v) is 12.7. The van der Waals surface area contributed by atoms with Crippen LogP contribution in [0.3, 0.4) is 0 Å². The molecule has 6 N–H and O–H groups in total. The van der Waals surface area contributed by atoms with Crippen LogP contribution >= 0.6 is 0 Å². The topological polar surface area (TPSA) is 87.5 Å². The second kappa shape index (κ2) is 8.22. The molecule has 0 amide bonds. The van der Waals surface area contributed by atoms with Gasteiger partial charge in [0.25, 0.3) is 0 Å². The molecule has 0 spiro atoms. The van der Waals surface area contributed by atoms with Crippen molar-refractivity contribution in [1.82, 2.24) is 10.2 Å². The molecule has 1 aromatic rings. The molecule has 5 heteroatoms. The van der Waals surface area contributed by atoms with E-state index in [4.69, 9.17) is 11.5 Å². The van der Waals surface area contributed by atoms with Crippen molar-refractivity contribution in [3.05, 3.63) is 23.8 Å². The molecule has 1 heterocycles. The molecule has 0 saturated carbocycles. The molecule has 1 saturated heterocycles. The molecule has 0 bridgehead atoms. The van der Waals surface area contributed by atoms with Crippen LogP contribution in [0.5, 0.6) is 5.75 Å². The number of nitrogen functional groups attached to an aromatic ring is 1. The Labute approximate surface area is 127 Å². The Morgan fingerprint density at radius 2 is 2.00 bits per heavy atom. The summed E-state index contributed by atoms with van der Waals surface area (Å²) < 4.78 is 0. The minimum Gasteiger partial charge on any atom is -0.506 e. The number of rotatable bonds is 7. The van der Waals surface area contributed by atoms with Crippen molar-refractivity contribution >= 4 is 5.69 Å². The van der Waals surface area contributed by atoms with Crippen molar-refractivity contribution < 1.29 is 5.11 Å². The maximum absolute atomic E-state index is 9.64. The van der Waals surface area contributed by atoms with Crippen molar-refractivity contribution in [1.29, 1.82) is 0 Å². The quantitative estimate of drug-likeness (QED) is 0.443. The van der Waals surface area contributed by atoms with Gasteiger partial charge in [-0.15, -0.1) is 0 Å². The molecular formula is C16H28N4O. The molecule has 1 aliphatic heterocycles. The number of anilines is 1. The highest BCUT2D eigenvalue weighted by Crippen LogP contribution is 2.22. The highest BCUT2D eigenvalue weighted by Gasteiger charge is 2.19. The zero-order valence-electron chi connectivity index (χ0n) is 12.7. The van der Waals surface area contributed by atoms with Crippen molar-refractivity contribution in [2.45, 2.75) is 31.7 Å². The number of nitrogens with zero attached hydrogens (tertiary/aromatic N) is 1. The predicted molar refractivity (Wildman–Crippen MR) is 87.4 cm³/mol. The Morgan fingerprint density at radius 1 is 1.24 bits per heavy atom. The van der Waals surface area contributed by atoms with E-state index in [-0.39, 0.29) is 5.75 Å². The number of hydrogen-bond donors (Lipinski definition) is 4. The van der Waals surface area contributed by atoms with Gasteiger partial charge in [0, 0.05) is 32.2 Å². The maximum atomic E-state index is 9.64. The van der Waals surface area contributed by atoms with Crippen molar-refractivity contribution in [2.75, 3.05) is 38.5 Å². The van der Waals surface area contributed by atoms with Gasteiger partial charge in [0.2, 0.25) is 0 Å². The first kappa shape index (κ1) is 16.1. The summed E-state index contributed by atoms with van der Waals surface area (Å²) in [5, 5.41) is 13.0. The largest absolute Gasteiger partial charge is 0.506 e. The summed E-state index contributed by atoms with van der Waals surface area (Å²) >= 11 is 0. The molecule has 1 unspecified atom stereocenters. The van der Waals surface area contributed by atoms with Gasteiger partial charge in [-0.05, 0) is 49.9 Å². The fourth-order valence-corrected chi connectivity index (χ4v) is 3.04. The molecule has 21 heavy (non-hydrogen) atoms. The number of hydrogen-bond acceptors (Lipinski definition) is 5. The Morgan fingerprint density at radius 3 is 2.67 bits per heavy atom. The van der Waals surface area contributed by atoms with Gasteiger partial charge >= 0.3 is 0 Å². The predicted octanol–water partition coefficient (Wildman–Crippen LogP) is 0.920. The number of phenols is 1. The Kier molecular flexibility index (Phi) is 6.29. The Balaban J connectivity index is 1.82. The minimum absolute atomic E-state index is 0.188. The van der Waals surface area contributed by atoms with E-state index in [1.54, 1.807) is 12.1 Å². The summed E-state index contributed by atoms with van der Waals surface area (Å²) in [5.41, 5.74) is 13.0. The Hall–Kier alpha value is -1.30. The third-order valence-electron chi connectivity index (χ3n) is 4.27. The van der Waals surface area contributed by atoms with E-state index in [2.05, 4.69) is 10.2 Å². The van der Waals surface area contributed by atoms with Crippen molar-refractivity contribution in [3.63, 3.8) is 0 Å². The van der Waals surface area contributed by atoms with Gasteiger partial charge in [0.1, 0.15) is 5.75 Å². The molecule has 1 aliphatic rings. The SMILES string of the molecule is NCCC(CCCc1ccc(N)c(O)c1)N1CCNCC1. The lowest BCUT2D eigenvalue weighted by atomic mass is 10.0. The lowest BCUT2D eigenvalue weighted by molar-refractivity contribution is 0.156. The van der Waals surface area contributed by atoms with Crippen LogP contribution in [0.4, 0.5) is 5.69 Å². The number of nitrogens with one attached hydrogen (secondary N) is 1. The molecule has 118 valence electrons. The van der Waals surface area contributed by atoms with E-state index in [9.17, 15) is 5.11 Å². The number of nitrogens with two attached hydrogens (primary N) is 2.